The van der Waals surface area contributed by atoms with Gasteiger partial charge in [0.15, 0.2) is 12.1 Å². The molecule has 2 aliphatic rings. The van der Waals surface area contributed by atoms with E-state index < -0.39 is 40.3 Å². The average Bonchev–Trinajstić information content (AvgIpc) is 2.50. The molecule has 0 N–H and O–H groups in total. The van der Waals surface area contributed by atoms with Crippen molar-refractivity contribution in [1.82, 2.24) is 0 Å². The zero-order valence-electron chi connectivity index (χ0n) is 9.71. The lowest BCUT2D eigenvalue weighted by Crippen LogP contribution is -2.61. The average molecular weight is 266 g/mol. The van der Waals surface area contributed by atoms with Crippen LogP contribution in [-0.4, -0.2) is 45.4 Å². The van der Waals surface area contributed by atoms with Gasteiger partial charge in [0, 0.05) is 13.5 Å². The zero-order valence-corrected chi connectivity index (χ0v) is 10.5. The number of ketones is 1. The van der Waals surface area contributed by atoms with Crippen LogP contribution in [0.25, 0.3) is 0 Å². The van der Waals surface area contributed by atoms with Gasteiger partial charge in [-0.1, -0.05) is 0 Å². The summed E-state index contributed by atoms with van der Waals surface area (Å²) >= 11 is 0. The fourth-order valence-electron chi connectivity index (χ4n) is 2.28. The maximum Gasteiger partial charge on any atom is 0.401 e. The van der Waals surface area contributed by atoms with Crippen LogP contribution in [-0.2, 0) is 33.0 Å². The molecule has 4 atom stereocenters. The van der Waals surface area contributed by atoms with E-state index in [2.05, 4.69) is 0 Å². The normalized spacial score (nSPS) is 44.3. The van der Waals surface area contributed by atoms with Crippen LogP contribution in [0.4, 0.5) is 0 Å². The van der Waals surface area contributed by atoms with Gasteiger partial charge in [-0.05, 0) is 13.8 Å². The van der Waals surface area contributed by atoms with Crippen LogP contribution in [0.1, 0.15) is 20.3 Å². The van der Waals surface area contributed by atoms with E-state index in [4.69, 9.17) is 17.8 Å². The molecule has 2 aliphatic heterocycles. The van der Waals surface area contributed by atoms with Gasteiger partial charge in [0.1, 0.15) is 6.10 Å². The monoisotopic (exact) mass is 266 g/mol. The van der Waals surface area contributed by atoms with E-state index in [0.29, 0.717) is 0 Å². The first kappa shape index (κ1) is 12.9. The van der Waals surface area contributed by atoms with Gasteiger partial charge in [-0.15, -0.1) is 0 Å². The Kier molecular flexibility index (Phi) is 3.03. The molecule has 0 amide bonds. The molecule has 8 heteroatoms. The molecule has 0 radical (unpaired) electrons. The molecule has 0 bridgehead atoms. The van der Waals surface area contributed by atoms with Crippen LogP contribution in [0.15, 0.2) is 0 Å². The summed E-state index contributed by atoms with van der Waals surface area (Å²) in [6.45, 7) is 2.81. The maximum atomic E-state index is 11.7. The minimum absolute atomic E-state index is 0.125. The predicted octanol–water partition coefficient (Wildman–Crippen LogP) is -0.244. The molecule has 2 heterocycles. The SMILES string of the molecule is CO[C@H]1C[C@@H]2OS(=O)(=O)O[C@]2(C(C)=O)[C@H](C)O1. The smallest absolute Gasteiger partial charge is 0.356 e. The number of Topliss-reactive ketones (excluding diaryl/α,β-unsaturated/α-hetero) is 1. The van der Waals surface area contributed by atoms with E-state index in [1.807, 2.05) is 0 Å². The summed E-state index contributed by atoms with van der Waals surface area (Å²) < 4.78 is 42.7. The van der Waals surface area contributed by atoms with Crippen LogP contribution < -0.4 is 0 Å². The third kappa shape index (κ3) is 1.89. The Balaban J connectivity index is 2.41. The Morgan fingerprint density at radius 3 is 2.65 bits per heavy atom. The summed E-state index contributed by atoms with van der Waals surface area (Å²) in [4.78, 5) is 11.7. The number of carbonyl (C=O) groups excluding carboxylic acids is 1. The Morgan fingerprint density at radius 1 is 1.47 bits per heavy atom. The minimum Gasteiger partial charge on any atom is -0.356 e. The van der Waals surface area contributed by atoms with Gasteiger partial charge in [0.25, 0.3) is 0 Å². The number of hydrogen-bond donors (Lipinski definition) is 0. The first-order chi connectivity index (χ1) is 7.82. The second kappa shape index (κ2) is 3.99. The van der Waals surface area contributed by atoms with E-state index in [1.165, 1.54) is 14.0 Å². The van der Waals surface area contributed by atoms with E-state index in [1.54, 1.807) is 6.92 Å². The molecule has 7 nitrogen and oxygen atoms in total. The minimum atomic E-state index is -4.15. The summed E-state index contributed by atoms with van der Waals surface area (Å²) in [7, 11) is -2.72. The topological polar surface area (TPSA) is 88.1 Å². The molecule has 0 aliphatic carbocycles. The van der Waals surface area contributed by atoms with E-state index in [9.17, 15) is 13.2 Å². The Morgan fingerprint density at radius 2 is 2.12 bits per heavy atom. The summed E-state index contributed by atoms with van der Waals surface area (Å²) in [5.74, 6) is -0.439. The van der Waals surface area contributed by atoms with Crippen molar-refractivity contribution in [3.63, 3.8) is 0 Å². The van der Waals surface area contributed by atoms with Crippen molar-refractivity contribution in [3.05, 3.63) is 0 Å². The Labute approximate surface area is 99.3 Å². The number of methoxy groups -OCH3 is 1. The van der Waals surface area contributed by atoms with Crippen molar-refractivity contribution < 1.29 is 31.1 Å². The van der Waals surface area contributed by atoms with Crippen molar-refractivity contribution in [2.24, 2.45) is 0 Å². The van der Waals surface area contributed by atoms with E-state index >= 15 is 0 Å². The van der Waals surface area contributed by atoms with E-state index in [-0.39, 0.29) is 6.42 Å². The fraction of sp³-hybridized carbons (Fsp3) is 0.889. The summed E-state index contributed by atoms with van der Waals surface area (Å²) in [5.41, 5.74) is -1.59. The fourth-order valence-corrected chi connectivity index (χ4v) is 3.53. The van der Waals surface area contributed by atoms with Gasteiger partial charge in [-0.3, -0.25) is 4.79 Å². The number of carbonyl (C=O) groups is 1. The first-order valence-corrected chi connectivity index (χ1v) is 6.48. The predicted molar refractivity (Wildman–Crippen MR) is 54.3 cm³/mol. The van der Waals surface area contributed by atoms with Gasteiger partial charge >= 0.3 is 10.4 Å². The van der Waals surface area contributed by atoms with Crippen LogP contribution in [0.3, 0.4) is 0 Å². The molecule has 0 aromatic rings. The second-order valence-electron chi connectivity index (χ2n) is 4.11. The van der Waals surface area contributed by atoms with Crippen molar-refractivity contribution in [3.8, 4) is 0 Å². The number of hydrogen-bond acceptors (Lipinski definition) is 7. The highest BCUT2D eigenvalue weighted by Crippen LogP contribution is 2.42. The third-order valence-corrected chi connectivity index (χ3v) is 4.08. The molecule has 98 valence electrons. The standard InChI is InChI=1S/C9H14O7S/c1-5(10)9-6(2)14-8(13-3)4-7(9)15-17(11,12)16-9/h6-8H,4H2,1-3H3/t6-,7-,8+,9+/m0/s1. The van der Waals surface area contributed by atoms with Crippen LogP contribution in [0.2, 0.25) is 0 Å². The molecular formula is C9H14O7S. The number of rotatable bonds is 2. The largest absolute Gasteiger partial charge is 0.401 e. The van der Waals surface area contributed by atoms with Gasteiger partial charge in [-0.25, -0.2) is 8.37 Å². The van der Waals surface area contributed by atoms with Crippen LogP contribution in [0, 0.1) is 0 Å². The van der Waals surface area contributed by atoms with Crippen molar-refractivity contribution >= 4 is 16.2 Å². The molecule has 0 unspecified atom stereocenters. The molecule has 2 fully saturated rings. The highest BCUT2D eigenvalue weighted by molar-refractivity contribution is 7.82. The Hall–Kier alpha value is -0.540. The zero-order chi connectivity index (χ0) is 12.8. The highest BCUT2D eigenvalue weighted by Gasteiger charge is 2.63. The van der Waals surface area contributed by atoms with Gasteiger partial charge in [-0.2, -0.15) is 8.42 Å². The first-order valence-electron chi connectivity index (χ1n) is 5.15. The third-order valence-electron chi connectivity index (χ3n) is 3.13. The molecule has 17 heavy (non-hydrogen) atoms. The molecule has 0 spiro atoms. The van der Waals surface area contributed by atoms with E-state index in [0.717, 1.165) is 0 Å². The van der Waals surface area contributed by atoms with Crippen molar-refractivity contribution in [2.45, 2.75) is 44.4 Å². The molecule has 2 rings (SSSR count). The lowest BCUT2D eigenvalue weighted by molar-refractivity contribution is -0.240. The Bertz CT molecular complexity index is 431. The quantitative estimate of drug-likeness (QED) is 0.681. The molecular weight excluding hydrogens is 252 g/mol. The molecule has 0 aromatic carbocycles. The molecule has 2 saturated heterocycles. The molecule has 0 saturated carbocycles. The van der Waals surface area contributed by atoms with Gasteiger partial charge in [0.05, 0.1) is 6.10 Å². The maximum absolute atomic E-state index is 11.7. The highest BCUT2D eigenvalue weighted by atomic mass is 32.3. The lowest BCUT2D eigenvalue weighted by atomic mass is 9.83. The van der Waals surface area contributed by atoms with Crippen molar-refractivity contribution in [2.75, 3.05) is 7.11 Å². The summed E-state index contributed by atoms with van der Waals surface area (Å²) in [6, 6.07) is 0. The number of fused-ring (bicyclic) bond motifs is 1. The van der Waals surface area contributed by atoms with Gasteiger partial charge in [0.2, 0.25) is 5.60 Å². The lowest BCUT2D eigenvalue weighted by Gasteiger charge is -2.40. The van der Waals surface area contributed by atoms with Gasteiger partial charge < -0.3 is 9.47 Å². The molecule has 0 aromatic heterocycles. The summed E-state index contributed by atoms with van der Waals surface area (Å²) in [5, 5.41) is 0. The summed E-state index contributed by atoms with van der Waals surface area (Å²) in [6.07, 6.45) is -2.15. The van der Waals surface area contributed by atoms with Crippen LogP contribution in [0.5, 0.6) is 0 Å². The second-order valence-corrected chi connectivity index (χ2v) is 5.28. The number of ether oxygens (including phenoxy) is 2. The van der Waals surface area contributed by atoms with Crippen LogP contribution >= 0.6 is 0 Å². The van der Waals surface area contributed by atoms with Crippen molar-refractivity contribution in [1.29, 1.82) is 0 Å².